The third-order valence-electron chi connectivity index (χ3n) is 3.46. The first kappa shape index (κ1) is 23.2. The van der Waals surface area contributed by atoms with Gasteiger partial charge in [0.15, 0.2) is 0 Å². The number of amides is 1. The SMILES string of the molecule is NN(/C=C\C(I)NC(=O)c1ccncc1Cl)Cc1ccc(I)cc1C(F)(F)F. The zero-order valence-corrected chi connectivity index (χ0v) is 19.1. The van der Waals surface area contributed by atoms with Crippen molar-refractivity contribution in [3.8, 4) is 0 Å². The molecular formula is C17H14ClF3I2N4O. The number of carbonyl (C=O) groups excluding carboxylic acids is 1. The van der Waals surface area contributed by atoms with Crippen LogP contribution in [0.2, 0.25) is 5.02 Å². The van der Waals surface area contributed by atoms with E-state index in [-0.39, 0.29) is 22.7 Å². The Morgan fingerprint density at radius 3 is 2.75 bits per heavy atom. The molecule has 0 aliphatic heterocycles. The molecule has 1 amide bonds. The van der Waals surface area contributed by atoms with Crippen molar-refractivity contribution in [2.24, 2.45) is 5.84 Å². The van der Waals surface area contributed by atoms with Gasteiger partial charge >= 0.3 is 6.18 Å². The number of benzene rings is 1. The van der Waals surface area contributed by atoms with Crippen molar-refractivity contribution in [2.75, 3.05) is 0 Å². The molecule has 2 rings (SSSR count). The Hall–Kier alpha value is -1.12. The summed E-state index contributed by atoms with van der Waals surface area (Å²) in [6.07, 6.45) is 1.29. The predicted octanol–water partition coefficient (Wildman–Crippen LogP) is 4.74. The number of nitrogens with zero attached hydrogens (tertiary/aromatic N) is 2. The van der Waals surface area contributed by atoms with Gasteiger partial charge in [-0.3, -0.25) is 9.78 Å². The molecule has 150 valence electrons. The molecule has 0 fully saturated rings. The molecule has 0 aliphatic rings. The number of pyridine rings is 1. The highest BCUT2D eigenvalue weighted by molar-refractivity contribution is 14.1. The monoisotopic (exact) mass is 636 g/mol. The quantitative estimate of drug-likeness (QED) is 0.158. The maximum Gasteiger partial charge on any atom is 0.416 e. The first-order valence-corrected chi connectivity index (χ1v) is 10.4. The Morgan fingerprint density at radius 1 is 1.39 bits per heavy atom. The number of carbonyl (C=O) groups is 1. The van der Waals surface area contributed by atoms with E-state index in [0.29, 0.717) is 3.57 Å². The summed E-state index contributed by atoms with van der Waals surface area (Å²) in [5.41, 5.74) is -0.405. The third-order valence-corrected chi connectivity index (χ3v) is 5.16. The summed E-state index contributed by atoms with van der Waals surface area (Å²) in [4.78, 5) is 16.0. The second kappa shape index (κ2) is 10.1. The lowest BCUT2D eigenvalue weighted by Gasteiger charge is -2.19. The fourth-order valence-electron chi connectivity index (χ4n) is 2.20. The third kappa shape index (κ3) is 6.74. The Kier molecular flexibility index (Phi) is 8.33. The lowest BCUT2D eigenvalue weighted by molar-refractivity contribution is -0.138. The molecule has 5 nitrogen and oxygen atoms in total. The molecule has 2 aromatic rings. The number of nitrogens with two attached hydrogens (primary N) is 1. The molecule has 0 bridgehead atoms. The Morgan fingerprint density at radius 2 is 2.11 bits per heavy atom. The van der Waals surface area contributed by atoms with Crippen LogP contribution in [0.5, 0.6) is 0 Å². The zero-order valence-electron chi connectivity index (χ0n) is 14.1. The highest BCUT2D eigenvalue weighted by Crippen LogP contribution is 2.33. The van der Waals surface area contributed by atoms with E-state index in [1.54, 1.807) is 12.1 Å². The average Bonchev–Trinajstić information content (AvgIpc) is 2.61. The Labute approximate surface area is 191 Å². The van der Waals surface area contributed by atoms with Crippen LogP contribution >= 0.6 is 56.8 Å². The molecule has 1 aromatic carbocycles. The Bertz CT molecular complexity index is 880. The first-order valence-electron chi connectivity index (χ1n) is 7.67. The van der Waals surface area contributed by atoms with Gasteiger partial charge in [0.05, 0.1) is 22.7 Å². The molecule has 1 unspecified atom stereocenters. The number of hydrogen-bond donors (Lipinski definition) is 2. The van der Waals surface area contributed by atoms with Gasteiger partial charge in [-0.05, 0) is 52.4 Å². The van der Waals surface area contributed by atoms with Gasteiger partial charge in [-0.2, -0.15) is 13.2 Å². The van der Waals surface area contributed by atoms with E-state index in [0.717, 1.165) is 11.1 Å². The molecule has 0 radical (unpaired) electrons. The molecule has 1 atom stereocenters. The first-order chi connectivity index (χ1) is 13.1. The van der Waals surface area contributed by atoms with Crippen molar-refractivity contribution >= 4 is 62.7 Å². The van der Waals surface area contributed by atoms with Crippen LogP contribution in [0.1, 0.15) is 21.5 Å². The summed E-state index contributed by atoms with van der Waals surface area (Å²) in [5, 5.41) is 4.02. The van der Waals surface area contributed by atoms with E-state index < -0.39 is 21.7 Å². The smallest absolute Gasteiger partial charge is 0.337 e. The van der Waals surface area contributed by atoms with Crippen LogP contribution in [-0.4, -0.2) is 19.9 Å². The number of rotatable bonds is 6. The van der Waals surface area contributed by atoms with Crippen molar-refractivity contribution < 1.29 is 18.0 Å². The number of alkyl halides is 4. The summed E-state index contributed by atoms with van der Waals surface area (Å²) in [6, 6.07) is 5.54. The van der Waals surface area contributed by atoms with Gasteiger partial charge < -0.3 is 10.3 Å². The molecule has 11 heteroatoms. The minimum Gasteiger partial charge on any atom is -0.337 e. The van der Waals surface area contributed by atoms with Crippen molar-refractivity contribution in [2.45, 2.75) is 16.8 Å². The maximum atomic E-state index is 13.2. The molecule has 0 spiro atoms. The van der Waals surface area contributed by atoms with E-state index >= 15 is 0 Å². The summed E-state index contributed by atoms with van der Waals surface area (Å²) < 4.78 is 39.6. The van der Waals surface area contributed by atoms with Crippen molar-refractivity contribution in [1.29, 1.82) is 0 Å². The summed E-state index contributed by atoms with van der Waals surface area (Å²) in [5.74, 6) is 5.40. The van der Waals surface area contributed by atoms with Crippen LogP contribution in [0.15, 0.2) is 48.9 Å². The van der Waals surface area contributed by atoms with Gasteiger partial charge in [0.25, 0.3) is 5.91 Å². The molecule has 28 heavy (non-hydrogen) atoms. The summed E-state index contributed by atoms with van der Waals surface area (Å²) in [6.45, 7) is -0.143. The van der Waals surface area contributed by atoms with Gasteiger partial charge in [-0.1, -0.05) is 40.3 Å². The maximum absolute atomic E-state index is 13.2. The van der Waals surface area contributed by atoms with Gasteiger partial charge in [-0.25, -0.2) is 5.84 Å². The van der Waals surface area contributed by atoms with Crippen LogP contribution < -0.4 is 11.2 Å². The normalized spacial score (nSPS) is 12.8. The standard InChI is InChI=1S/C17H14ClF3I2N4O/c18-14-8-25-5-3-12(14)16(28)26-15(23)4-6-27(24)9-10-1-2-11(22)7-13(10)17(19,20)21/h1-8,15H,9,24H2,(H,26,28)/b6-4-. The second-order valence-electron chi connectivity index (χ2n) is 5.54. The number of halogens is 6. The molecule has 0 aliphatic carbocycles. The minimum atomic E-state index is -4.47. The summed E-state index contributed by atoms with van der Waals surface area (Å²) in [7, 11) is 0. The van der Waals surface area contributed by atoms with Gasteiger partial charge in [0.1, 0.15) is 4.05 Å². The van der Waals surface area contributed by atoms with Crippen molar-refractivity contribution in [1.82, 2.24) is 15.3 Å². The topological polar surface area (TPSA) is 71.2 Å². The molecular weight excluding hydrogens is 622 g/mol. The predicted molar refractivity (Wildman–Crippen MR) is 118 cm³/mol. The number of nitrogens with one attached hydrogen (secondary N) is 1. The molecule has 0 saturated carbocycles. The van der Waals surface area contributed by atoms with Crippen molar-refractivity contribution in [3.63, 3.8) is 0 Å². The fourth-order valence-corrected chi connectivity index (χ4v) is 3.36. The van der Waals surface area contributed by atoms with E-state index in [1.807, 2.05) is 45.2 Å². The fraction of sp³-hybridized carbons (Fsp3) is 0.176. The largest absolute Gasteiger partial charge is 0.416 e. The van der Waals surface area contributed by atoms with E-state index in [2.05, 4.69) is 10.3 Å². The highest BCUT2D eigenvalue weighted by Gasteiger charge is 2.33. The number of aromatic nitrogens is 1. The molecule has 0 saturated heterocycles. The molecule has 1 aromatic heterocycles. The molecule has 3 N–H and O–H groups in total. The minimum absolute atomic E-state index is 0.0534. The summed E-state index contributed by atoms with van der Waals surface area (Å²) >= 11 is 9.69. The lowest BCUT2D eigenvalue weighted by Crippen LogP contribution is -2.31. The van der Waals surface area contributed by atoms with Gasteiger partial charge in [0.2, 0.25) is 0 Å². The number of hydrogen-bond acceptors (Lipinski definition) is 4. The number of hydrazine groups is 1. The van der Waals surface area contributed by atoms with Crippen molar-refractivity contribution in [3.05, 3.63) is 74.2 Å². The van der Waals surface area contributed by atoms with E-state index in [4.69, 9.17) is 17.4 Å². The van der Waals surface area contributed by atoms with Crippen LogP contribution in [0, 0.1) is 3.57 Å². The van der Waals surface area contributed by atoms with Gasteiger partial charge in [0, 0.05) is 22.2 Å². The highest BCUT2D eigenvalue weighted by atomic mass is 127. The Balaban J connectivity index is 2.01. The van der Waals surface area contributed by atoms with Crippen LogP contribution in [-0.2, 0) is 12.7 Å². The van der Waals surface area contributed by atoms with Gasteiger partial charge in [-0.15, -0.1) is 0 Å². The van der Waals surface area contributed by atoms with Crippen LogP contribution in [0.4, 0.5) is 13.2 Å². The van der Waals surface area contributed by atoms with E-state index in [9.17, 15) is 18.0 Å². The molecule has 1 heterocycles. The van der Waals surface area contributed by atoms with Crippen LogP contribution in [0.3, 0.4) is 0 Å². The van der Waals surface area contributed by atoms with E-state index in [1.165, 1.54) is 30.7 Å². The second-order valence-corrected chi connectivity index (χ2v) is 8.54. The zero-order chi connectivity index (χ0) is 20.9. The van der Waals surface area contributed by atoms with Crippen LogP contribution in [0.25, 0.3) is 0 Å². The lowest BCUT2D eigenvalue weighted by atomic mass is 10.1. The average molecular weight is 637 g/mol.